The minimum atomic E-state index is -0.372. The summed E-state index contributed by atoms with van der Waals surface area (Å²) in [6.07, 6.45) is 0. The average Bonchev–Trinajstić information content (AvgIpc) is 3.72. The first-order chi connectivity index (χ1) is 21.5. The van der Waals surface area contributed by atoms with Crippen LogP contribution in [0.4, 0.5) is 5.69 Å². The van der Waals surface area contributed by atoms with E-state index in [2.05, 4.69) is 67.2 Å². The van der Waals surface area contributed by atoms with Gasteiger partial charge in [0.2, 0.25) is 0 Å². The van der Waals surface area contributed by atoms with Crippen molar-refractivity contribution >= 4 is 103 Å². The molecule has 9 rings (SSSR count). The van der Waals surface area contributed by atoms with Crippen LogP contribution in [0.2, 0.25) is 0 Å². The van der Waals surface area contributed by atoms with Crippen molar-refractivity contribution < 1.29 is 13.8 Å². The molecule has 0 aliphatic carbocycles. The molecule has 0 amide bonds. The highest BCUT2D eigenvalue weighted by molar-refractivity contribution is 9.10. The van der Waals surface area contributed by atoms with Gasteiger partial charge in [0.25, 0.3) is 5.69 Å². The van der Waals surface area contributed by atoms with Crippen molar-refractivity contribution in [3.8, 4) is 11.1 Å². The fraction of sp³-hybridized carbons (Fsp3) is 0. The molecule has 8 heteroatoms. The summed E-state index contributed by atoms with van der Waals surface area (Å²) in [5.41, 5.74) is 6.86. The first-order valence-corrected chi connectivity index (χ1v) is 15.4. The number of furan rings is 2. The molecule has 0 aliphatic rings. The Morgan fingerprint density at radius 1 is 0.568 bits per heavy atom. The van der Waals surface area contributed by atoms with Crippen LogP contribution in [0.15, 0.2) is 133 Å². The molecule has 0 spiro atoms. The van der Waals surface area contributed by atoms with E-state index in [-0.39, 0.29) is 10.6 Å². The van der Waals surface area contributed by atoms with Crippen LogP contribution in [0, 0.1) is 10.1 Å². The summed E-state index contributed by atoms with van der Waals surface area (Å²) in [5, 5.41) is 18.0. The molecule has 0 unspecified atom stereocenters. The van der Waals surface area contributed by atoms with Gasteiger partial charge < -0.3 is 13.8 Å². The number of hydrogen-bond acceptors (Lipinski definition) is 4. The maximum absolute atomic E-state index is 11.4. The third-order valence-electron chi connectivity index (χ3n) is 7.92. The highest BCUT2D eigenvalue weighted by Gasteiger charge is 2.20. The predicted molar refractivity (Wildman–Crippen MR) is 184 cm³/mol. The molecule has 212 valence electrons. The summed E-state index contributed by atoms with van der Waals surface area (Å²) in [5.74, 6) is 0. The zero-order valence-corrected chi connectivity index (χ0v) is 26.0. The van der Waals surface area contributed by atoms with Crippen molar-refractivity contribution in [2.75, 3.05) is 0 Å². The highest BCUT2D eigenvalue weighted by Crippen LogP contribution is 2.41. The molecule has 0 saturated heterocycles. The number of aromatic amines is 1. The fourth-order valence-electron chi connectivity index (χ4n) is 5.98. The average molecular weight is 704 g/mol. The molecule has 0 atom stereocenters. The van der Waals surface area contributed by atoms with Gasteiger partial charge in [-0.1, -0.05) is 86.5 Å². The first kappa shape index (κ1) is 26.7. The second-order valence-corrected chi connectivity index (χ2v) is 12.3. The van der Waals surface area contributed by atoms with Crippen LogP contribution in [0.25, 0.3) is 76.8 Å². The summed E-state index contributed by atoms with van der Waals surface area (Å²) in [6.45, 7) is 0. The Morgan fingerprint density at radius 3 is 1.93 bits per heavy atom. The second kappa shape index (κ2) is 10.4. The number of hydrogen-bond donors (Lipinski definition) is 1. The van der Waals surface area contributed by atoms with E-state index in [1.807, 2.05) is 66.7 Å². The van der Waals surface area contributed by atoms with Gasteiger partial charge in [-0.05, 0) is 54.6 Å². The molecule has 9 aromatic rings. The van der Waals surface area contributed by atoms with E-state index < -0.39 is 0 Å². The molecule has 3 heterocycles. The highest BCUT2D eigenvalue weighted by atomic mass is 79.9. The number of nitrogens with one attached hydrogen (secondary N) is 1. The number of halogens is 2. The first-order valence-electron chi connectivity index (χ1n) is 13.8. The predicted octanol–water partition coefficient (Wildman–Crippen LogP) is 11.9. The Kier molecular flexibility index (Phi) is 6.29. The van der Waals surface area contributed by atoms with Crippen molar-refractivity contribution in [3.63, 3.8) is 0 Å². The van der Waals surface area contributed by atoms with Gasteiger partial charge in [-0.25, -0.2) is 0 Å². The van der Waals surface area contributed by atoms with Gasteiger partial charge in [0, 0.05) is 53.0 Å². The normalized spacial score (nSPS) is 11.6. The van der Waals surface area contributed by atoms with Crippen molar-refractivity contribution in [1.29, 1.82) is 0 Å². The molecule has 6 aromatic carbocycles. The van der Waals surface area contributed by atoms with Crippen LogP contribution in [0.3, 0.4) is 0 Å². The molecule has 0 aliphatic heterocycles. The molecule has 6 nitrogen and oxygen atoms in total. The van der Waals surface area contributed by atoms with Gasteiger partial charge in [-0.3, -0.25) is 10.1 Å². The van der Waals surface area contributed by atoms with E-state index >= 15 is 0 Å². The molecule has 3 aromatic heterocycles. The Hall–Kier alpha value is -4.92. The van der Waals surface area contributed by atoms with Crippen molar-refractivity contribution in [1.82, 2.24) is 4.98 Å². The van der Waals surface area contributed by atoms with Crippen molar-refractivity contribution in [2.24, 2.45) is 0 Å². The fourth-order valence-corrected chi connectivity index (χ4v) is 6.70. The topological polar surface area (TPSA) is 85.2 Å². The van der Waals surface area contributed by atoms with Crippen LogP contribution < -0.4 is 0 Å². The monoisotopic (exact) mass is 702 g/mol. The summed E-state index contributed by atoms with van der Waals surface area (Å²) in [4.78, 5) is 14.5. The van der Waals surface area contributed by atoms with Crippen LogP contribution in [0.5, 0.6) is 0 Å². The lowest BCUT2D eigenvalue weighted by molar-refractivity contribution is -0.384. The van der Waals surface area contributed by atoms with Crippen LogP contribution in [-0.2, 0) is 0 Å². The Labute approximate surface area is 266 Å². The number of nitrogens with zero attached hydrogens (tertiary/aromatic N) is 1. The van der Waals surface area contributed by atoms with Gasteiger partial charge >= 0.3 is 0 Å². The quantitative estimate of drug-likeness (QED) is 0.143. The SMILES string of the molecule is Brc1ccc2[nH]c3ccc4c5ccccc5oc4c3c2c1.O=[N+]([O-])c1ccc(Br)cc1-c1cccc2c1oc1ccccc12. The van der Waals surface area contributed by atoms with Crippen molar-refractivity contribution in [3.05, 3.63) is 134 Å². The third kappa shape index (κ3) is 4.29. The van der Waals surface area contributed by atoms with E-state index in [9.17, 15) is 10.1 Å². The smallest absolute Gasteiger partial charge is 0.277 e. The van der Waals surface area contributed by atoms with Gasteiger partial charge in [-0.15, -0.1) is 0 Å². The van der Waals surface area contributed by atoms with Gasteiger partial charge in [0.05, 0.1) is 21.4 Å². The minimum Gasteiger partial charge on any atom is -0.455 e. The Bertz CT molecular complexity index is 2580. The molecule has 1 N–H and O–H groups in total. The molecular weight excluding hydrogens is 684 g/mol. The van der Waals surface area contributed by atoms with E-state index in [0.29, 0.717) is 16.7 Å². The Morgan fingerprint density at radius 2 is 1.18 bits per heavy atom. The minimum absolute atomic E-state index is 0.0566. The molecule has 0 bridgehead atoms. The van der Waals surface area contributed by atoms with Crippen LogP contribution in [0.1, 0.15) is 0 Å². The number of nitro benzene ring substituents is 1. The number of rotatable bonds is 2. The summed E-state index contributed by atoms with van der Waals surface area (Å²) >= 11 is 6.95. The lowest BCUT2D eigenvalue weighted by Crippen LogP contribution is -1.92. The zero-order chi connectivity index (χ0) is 29.9. The zero-order valence-electron chi connectivity index (χ0n) is 22.8. The largest absolute Gasteiger partial charge is 0.455 e. The number of aromatic nitrogens is 1. The van der Waals surface area contributed by atoms with Crippen LogP contribution >= 0.6 is 31.9 Å². The molecule has 44 heavy (non-hydrogen) atoms. The van der Waals surface area contributed by atoms with Crippen LogP contribution in [-0.4, -0.2) is 9.91 Å². The summed E-state index contributed by atoms with van der Waals surface area (Å²) < 4.78 is 14.0. The summed E-state index contributed by atoms with van der Waals surface area (Å²) in [6, 6.07) is 37.1. The lowest BCUT2D eigenvalue weighted by Gasteiger charge is -2.05. The standard InChI is InChI=1S/C18H10BrNO3.C18H10BrNO/c19-11-8-9-16(20(21)22)15(10-11)14-6-3-5-13-12-4-1-2-7-17(12)23-18(13)14;19-10-5-7-14-13(9-10)17-15(20-14)8-6-12-11-3-1-2-4-16(11)21-18(12)17/h1-10H;1-9,20H. The van der Waals surface area contributed by atoms with Gasteiger partial charge in [0.1, 0.15) is 22.3 Å². The number of fused-ring (bicyclic) bond motifs is 10. The van der Waals surface area contributed by atoms with Crippen molar-refractivity contribution in [2.45, 2.75) is 0 Å². The number of para-hydroxylation sites is 3. The lowest BCUT2D eigenvalue weighted by atomic mass is 10.0. The van der Waals surface area contributed by atoms with E-state index in [1.165, 1.54) is 22.2 Å². The molecular formula is C36H20Br2N2O4. The number of nitro groups is 1. The molecule has 0 radical (unpaired) electrons. The number of benzene rings is 6. The maximum atomic E-state index is 11.4. The van der Waals surface area contributed by atoms with E-state index in [0.717, 1.165) is 52.9 Å². The van der Waals surface area contributed by atoms with Gasteiger partial charge in [-0.2, -0.15) is 0 Å². The second-order valence-electron chi connectivity index (χ2n) is 10.5. The maximum Gasteiger partial charge on any atom is 0.277 e. The van der Waals surface area contributed by atoms with E-state index in [4.69, 9.17) is 8.83 Å². The summed E-state index contributed by atoms with van der Waals surface area (Å²) in [7, 11) is 0. The Balaban J connectivity index is 0.000000132. The molecule has 0 saturated carbocycles. The van der Waals surface area contributed by atoms with Gasteiger partial charge in [0.15, 0.2) is 0 Å². The third-order valence-corrected chi connectivity index (χ3v) is 8.90. The number of H-pyrrole nitrogens is 1. The van der Waals surface area contributed by atoms with E-state index in [1.54, 1.807) is 12.1 Å². The molecule has 0 fully saturated rings.